The molecule has 0 aliphatic heterocycles. The van der Waals surface area contributed by atoms with E-state index in [1.807, 2.05) is 0 Å². The van der Waals surface area contributed by atoms with Crippen molar-refractivity contribution in [3.8, 4) is 11.5 Å². The van der Waals surface area contributed by atoms with Crippen molar-refractivity contribution in [2.24, 2.45) is 20.5 Å². The van der Waals surface area contributed by atoms with E-state index >= 15 is 0 Å². The summed E-state index contributed by atoms with van der Waals surface area (Å²) >= 11 is 0. The molecule has 0 heterocycles. The van der Waals surface area contributed by atoms with Gasteiger partial charge in [0.05, 0.1) is 22.7 Å². The Morgan fingerprint density at radius 2 is 0.833 bits per heavy atom. The average Bonchev–Trinajstić information content (AvgIpc) is 2.92. The first kappa shape index (κ1) is 30.2. The van der Waals surface area contributed by atoms with Gasteiger partial charge in [0, 0.05) is 0 Å². The Labute approximate surface area is 241 Å². The number of benzene rings is 4. The lowest BCUT2D eigenvalue weighted by molar-refractivity contribution is 0.470. The maximum absolute atomic E-state index is 12.1. The van der Waals surface area contributed by atoms with Crippen LogP contribution in [0.4, 0.5) is 22.7 Å². The van der Waals surface area contributed by atoms with E-state index in [0.29, 0.717) is 22.5 Å². The van der Waals surface area contributed by atoms with E-state index in [1.165, 1.54) is 60.7 Å². The number of rotatable bonds is 8. The standard InChI is InChI=1S/C28H24N4O8S2/c1-17-13-21(9-11-25(17)33)29-31-23-7-5-19(27(15-23)41(35,36)37)3-4-20-6-8-24(16-28(20)42(38,39)40)32-30-22-10-12-26(34)18(2)14-22/h3-16,33-34H,1-2H3,(H,35,36,37)(H,38,39,40). The zero-order valence-corrected chi connectivity index (χ0v) is 23.7. The van der Waals surface area contributed by atoms with E-state index < -0.39 is 30.0 Å². The number of aryl methyl sites for hydroxylation is 2. The highest BCUT2D eigenvalue weighted by Crippen LogP contribution is 2.30. The number of aromatic hydroxyl groups is 2. The fourth-order valence-corrected chi connectivity index (χ4v) is 5.11. The smallest absolute Gasteiger partial charge is 0.295 e. The summed E-state index contributed by atoms with van der Waals surface area (Å²) < 4.78 is 68.1. The van der Waals surface area contributed by atoms with Crippen molar-refractivity contribution in [3.05, 3.63) is 95.1 Å². The Morgan fingerprint density at radius 3 is 1.14 bits per heavy atom. The average molecular weight is 609 g/mol. The molecule has 0 saturated heterocycles. The monoisotopic (exact) mass is 608 g/mol. The fourth-order valence-electron chi connectivity index (χ4n) is 3.71. The normalized spacial score (nSPS) is 12.6. The third kappa shape index (κ3) is 7.50. The lowest BCUT2D eigenvalue weighted by Crippen LogP contribution is -2.01. The minimum atomic E-state index is -4.74. The summed E-state index contributed by atoms with van der Waals surface area (Å²) in [6, 6.07) is 16.8. The summed E-state index contributed by atoms with van der Waals surface area (Å²) in [6.45, 7) is 3.35. The highest BCUT2D eigenvalue weighted by atomic mass is 32.2. The first-order valence-corrected chi connectivity index (χ1v) is 14.9. The number of hydrogen-bond donors (Lipinski definition) is 4. The Bertz CT molecular complexity index is 1840. The van der Waals surface area contributed by atoms with Gasteiger partial charge in [-0.05, 0) is 96.8 Å². The van der Waals surface area contributed by atoms with Gasteiger partial charge < -0.3 is 10.2 Å². The first-order valence-electron chi connectivity index (χ1n) is 12.0. The van der Waals surface area contributed by atoms with Gasteiger partial charge in [-0.1, -0.05) is 24.3 Å². The van der Waals surface area contributed by atoms with Gasteiger partial charge in [0.2, 0.25) is 0 Å². The third-order valence-electron chi connectivity index (χ3n) is 5.92. The number of hydrogen-bond acceptors (Lipinski definition) is 10. The predicted molar refractivity (Wildman–Crippen MR) is 155 cm³/mol. The van der Waals surface area contributed by atoms with Crippen LogP contribution in [0.5, 0.6) is 11.5 Å². The van der Waals surface area contributed by atoms with Gasteiger partial charge in [0.25, 0.3) is 20.2 Å². The minimum absolute atomic E-state index is 0.00433. The lowest BCUT2D eigenvalue weighted by Gasteiger charge is -2.06. The number of azo groups is 2. The van der Waals surface area contributed by atoms with Crippen LogP contribution in [0.2, 0.25) is 0 Å². The van der Waals surface area contributed by atoms with Crippen molar-refractivity contribution < 1.29 is 36.2 Å². The molecule has 0 amide bonds. The molecule has 0 aromatic heterocycles. The second kappa shape index (κ2) is 12.0. The van der Waals surface area contributed by atoms with Crippen LogP contribution < -0.4 is 0 Å². The van der Waals surface area contributed by atoms with Gasteiger partial charge in [0.15, 0.2) is 0 Å². The van der Waals surface area contributed by atoms with Crippen LogP contribution in [0.15, 0.2) is 103 Å². The molecule has 12 nitrogen and oxygen atoms in total. The number of nitrogens with zero attached hydrogens (tertiary/aromatic N) is 4. The fraction of sp³-hybridized carbons (Fsp3) is 0.0714. The quantitative estimate of drug-likeness (QED) is 0.0913. The maximum Gasteiger partial charge on any atom is 0.295 e. The summed E-state index contributed by atoms with van der Waals surface area (Å²) in [6.07, 6.45) is 2.50. The van der Waals surface area contributed by atoms with Gasteiger partial charge in [-0.3, -0.25) is 9.11 Å². The molecule has 0 fully saturated rings. The zero-order chi connectivity index (χ0) is 30.7. The molecule has 4 aromatic rings. The summed E-state index contributed by atoms with van der Waals surface area (Å²) in [4.78, 5) is -1.03. The summed E-state index contributed by atoms with van der Waals surface area (Å²) in [5, 5.41) is 35.3. The van der Waals surface area contributed by atoms with Crippen LogP contribution in [0.3, 0.4) is 0 Å². The molecule has 0 saturated carbocycles. The molecule has 0 spiro atoms. The summed E-state index contributed by atoms with van der Waals surface area (Å²) in [5.41, 5.74) is 2.15. The maximum atomic E-state index is 12.1. The molecule has 0 aliphatic carbocycles. The molecule has 14 heteroatoms. The Kier molecular flexibility index (Phi) is 8.63. The van der Waals surface area contributed by atoms with Gasteiger partial charge in [-0.15, -0.1) is 0 Å². The molecule has 4 N–H and O–H groups in total. The van der Waals surface area contributed by atoms with Crippen LogP contribution in [0, 0.1) is 13.8 Å². The molecule has 0 bridgehead atoms. The molecule has 0 radical (unpaired) electrons. The largest absolute Gasteiger partial charge is 0.508 e. The first-order chi connectivity index (χ1) is 19.7. The van der Waals surface area contributed by atoms with E-state index in [9.17, 15) is 36.2 Å². The van der Waals surface area contributed by atoms with Gasteiger partial charge in [-0.2, -0.15) is 37.3 Å². The second-order valence-corrected chi connectivity index (χ2v) is 11.8. The topological polar surface area (TPSA) is 199 Å². The number of phenolic OH excluding ortho intramolecular Hbond substituents is 2. The number of phenols is 2. The molecule has 4 rings (SSSR count). The Hall–Kier alpha value is -4.76. The van der Waals surface area contributed by atoms with Crippen molar-refractivity contribution in [3.63, 3.8) is 0 Å². The van der Waals surface area contributed by atoms with E-state index in [1.54, 1.807) is 26.0 Å². The van der Waals surface area contributed by atoms with Gasteiger partial charge in [0.1, 0.15) is 21.3 Å². The molecular weight excluding hydrogens is 584 g/mol. The van der Waals surface area contributed by atoms with E-state index in [4.69, 9.17) is 0 Å². The minimum Gasteiger partial charge on any atom is -0.508 e. The molecular formula is C28H24N4O8S2. The highest BCUT2D eigenvalue weighted by molar-refractivity contribution is 7.86. The Morgan fingerprint density at radius 1 is 0.524 bits per heavy atom. The predicted octanol–water partition coefficient (Wildman–Crippen LogP) is 7.21. The molecule has 0 atom stereocenters. The molecule has 216 valence electrons. The molecule has 0 unspecified atom stereocenters. The zero-order valence-electron chi connectivity index (χ0n) is 22.1. The van der Waals surface area contributed by atoms with Crippen molar-refractivity contribution >= 4 is 55.1 Å². The van der Waals surface area contributed by atoms with Crippen molar-refractivity contribution in [2.45, 2.75) is 23.6 Å². The van der Waals surface area contributed by atoms with Crippen LogP contribution in [-0.4, -0.2) is 36.2 Å². The van der Waals surface area contributed by atoms with Crippen molar-refractivity contribution in [1.29, 1.82) is 0 Å². The van der Waals surface area contributed by atoms with Crippen LogP contribution >= 0.6 is 0 Å². The second-order valence-electron chi connectivity index (χ2n) is 9.07. The molecule has 0 aliphatic rings. The van der Waals surface area contributed by atoms with Gasteiger partial charge in [-0.25, -0.2) is 0 Å². The molecule has 4 aromatic carbocycles. The van der Waals surface area contributed by atoms with E-state index in [2.05, 4.69) is 20.5 Å². The summed E-state index contributed by atoms with van der Waals surface area (Å²) in [7, 11) is -9.47. The Balaban J connectivity index is 1.66. The van der Waals surface area contributed by atoms with Crippen molar-refractivity contribution in [2.75, 3.05) is 0 Å². The van der Waals surface area contributed by atoms with Crippen LogP contribution in [-0.2, 0) is 20.2 Å². The van der Waals surface area contributed by atoms with E-state index in [0.717, 1.165) is 12.1 Å². The molecule has 42 heavy (non-hydrogen) atoms. The van der Waals surface area contributed by atoms with Gasteiger partial charge >= 0.3 is 0 Å². The highest BCUT2D eigenvalue weighted by Gasteiger charge is 2.17. The third-order valence-corrected chi connectivity index (χ3v) is 7.73. The summed E-state index contributed by atoms with van der Waals surface area (Å²) in [5.74, 6) is 0.165. The lowest BCUT2D eigenvalue weighted by atomic mass is 10.1. The van der Waals surface area contributed by atoms with E-state index in [-0.39, 0.29) is 34.0 Å². The van der Waals surface area contributed by atoms with Crippen LogP contribution in [0.1, 0.15) is 22.3 Å². The SMILES string of the molecule is Cc1cc(N=Nc2ccc(C=Cc3ccc(N=Nc4ccc(O)c(C)c4)cc3S(=O)(=O)O)c(S(=O)(=O)O)c2)ccc1O. The van der Waals surface area contributed by atoms with Crippen LogP contribution in [0.25, 0.3) is 12.2 Å². The van der Waals surface area contributed by atoms with Crippen molar-refractivity contribution in [1.82, 2.24) is 0 Å².